The Kier molecular flexibility index (Phi) is 6.34. The molecule has 0 aliphatic carbocycles. The molecule has 3 aromatic heterocycles. The number of nitrogens with zero attached hydrogens (tertiary/aromatic N) is 4. The van der Waals surface area contributed by atoms with Crippen molar-refractivity contribution >= 4 is 51.0 Å². The summed E-state index contributed by atoms with van der Waals surface area (Å²) in [6, 6.07) is 1.16. The molecule has 0 bridgehead atoms. The van der Waals surface area contributed by atoms with Gasteiger partial charge in [0.2, 0.25) is 5.82 Å². The lowest BCUT2D eigenvalue weighted by atomic mass is 10.4. The van der Waals surface area contributed by atoms with Crippen molar-refractivity contribution in [3.05, 3.63) is 34.6 Å². The van der Waals surface area contributed by atoms with Gasteiger partial charge in [-0.25, -0.2) is 28.9 Å². The Morgan fingerprint density at radius 3 is 2.72 bits per heavy atom. The standard InChI is InChI=1S/C16H13ClFN5O5S/c1-7(6-27-12-9(18)3-10-13(23-12)29-15(17)22-10)28-16(25)21-8-4-19-11(20-5-8)14(24)26-2/h3-5,7H,6H2,1-2H3,(H,21,25)/t7-/m1/s1. The first-order valence-electron chi connectivity index (χ1n) is 7.99. The molecule has 13 heteroatoms. The number of aromatic nitrogens is 4. The molecular weight excluding hydrogens is 429 g/mol. The summed E-state index contributed by atoms with van der Waals surface area (Å²) in [4.78, 5) is 39.0. The Labute approximate surface area is 172 Å². The maximum absolute atomic E-state index is 14.0. The number of thiazole rings is 1. The quantitative estimate of drug-likeness (QED) is 0.574. The number of rotatable bonds is 6. The number of hydrogen-bond acceptors (Lipinski definition) is 10. The van der Waals surface area contributed by atoms with Gasteiger partial charge in [-0.05, 0) is 6.92 Å². The van der Waals surface area contributed by atoms with Gasteiger partial charge in [0.1, 0.15) is 23.1 Å². The van der Waals surface area contributed by atoms with Gasteiger partial charge in [-0.2, -0.15) is 4.98 Å². The van der Waals surface area contributed by atoms with Crippen molar-refractivity contribution in [1.82, 2.24) is 19.9 Å². The molecule has 1 N–H and O–H groups in total. The first-order valence-corrected chi connectivity index (χ1v) is 9.18. The van der Waals surface area contributed by atoms with Crippen LogP contribution in [-0.2, 0) is 9.47 Å². The van der Waals surface area contributed by atoms with Crippen LogP contribution >= 0.6 is 22.9 Å². The largest absolute Gasteiger partial charge is 0.472 e. The van der Waals surface area contributed by atoms with Crippen LogP contribution in [0.1, 0.15) is 17.5 Å². The van der Waals surface area contributed by atoms with Gasteiger partial charge in [0.05, 0.1) is 25.2 Å². The van der Waals surface area contributed by atoms with E-state index >= 15 is 0 Å². The van der Waals surface area contributed by atoms with Crippen molar-refractivity contribution in [2.24, 2.45) is 0 Å². The number of ether oxygens (including phenoxy) is 3. The van der Waals surface area contributed by atoms with Crippen molar-refractivity contribution in [2.75, 3.05) is 19.0 Å². The van der Waals surface area contributed by atoms with Gasteiger partial charge in [-0.1, -0.05) is 22.9 Å². The van der Waals surface area contributed by atoms with Crippen molar-refractivity contribution < 1.29 is 28.2 Å². The van der Waals surface area contributed by atoms with Crippen LogP contribution < -0.4 is 10.1 Å². The average Bonchev–Trinajstić information content (AvgIpc) is 3.04. The minimum Gasteiger partial charge on any atom is -0.472 e. The highest BCUT2D eigenvalue weighted by atomic mass is 35.5. The number of carbonyl (C=O) groups is 2. The van der Waals surface area contributed by atoms with Crippen LogP contribution in [0.25, 0.3) is 10.3 Å². The summed E-state index contributed by atoms with van der Waals surface area (Å²) in [5.74, 6) is -1.81. The van der Waals surface area contributed by atoms with Crippen LogP contribution in [0.4, 0.5) is 14.9 Å². The zero-order chi connectivity index (χ0) is 21.0. The monoisotopic (exact) mass is 441 g/mol. The molecule has 29 heavy (non-hydrogen) atoms. The third kappa shape index (κ3) is 5.23. The van der Waals surface area contributed by atoms with Crippen LogP contribution in [0.5, 0.6) is 5.88 Å². The first-order chi connectivity index (χ1) is 13.9. The lowest BCUT2D eigenvalue weighted by Crippen LogP contribution is -2.25. The number of carbonyl (C=O) groups excluding carboxylic acids is 2. The number of fused-ring (bicyclic) bond motifs is 1. The minimum atomic E-state index is -0.811. The van der Waals surface area contributed by atoms with Gasteiger partial charge >= 0.3 is 12.1 Å². The normalized spacial score (nSPS) is 11.7. The third-order valence-corrected chi connectivity index (χ3v) is 4.38. The molecule has 0 unspecified atom stereocenters. The summed E-state index contributed by atoms with van der Waals surface area (Å²) in [6.07, 6.45) is 0.896. The van der Waals surface area contributed by atoms with Crippen LogP contribution in [0.15, 0.2) is 18.5 Å². The van der Waals surface area contributed by atoms with Crippen molar-refractivity contribution in [1.29, 1.82) is 0 Å². The highest BCUT2D eigenvalue weighted by Crippen LogP contribution is 2.28. The van der Waals surface area contributed by atoms with Gasteiger partial charge in [-0.15, -0.1) is 0 Å². The predicted molar refractivity (Wildman–Crippen MR) is 101 cm³/mol. The van der Waals surface area contributed by atoms with Crippen molar-refractivity contribution in [3.63, 3.8) is 0 Å². The maximum Gasteiger partial charge on any atom is 0.412 e. The van der Waals surface area contributed by atoms with E-state index < -0.39 is 24.0 Å². The van der Waals surface area contributed by atoms with Gasteiger partial charge in [-0.3, -0.25) is 5.32 Å². The van der Waals surface area contributed by atoms with E-state index in [9.17, 15) is 14.0 Å². The molecule has 0 aliphatic heterocycles. The van der Waals surface area contributed by atoms with Crippen LogP contribution in [-0.4, -0.2) is 51.8 Å². The van der Waals surface area contributed by atoms with E-state index in [0.717, 1.165) is 17.4 Å². The van der Waals surface area contributed by atoms with Crippen molar-refractivity contribution in [3.8, 4) is 5.88 Å². The van der Waals surface area contributed by atoms with Gasteiger partial charge in [0, 0.05) is 6.07 Å². The summed E-state index contributed by atoms with van der Waals surface area (Å²) < 4.78 is 29.1. The molecule has 0 saturated heterocycles. The lowest BCUT2D eigenvalue weighted by Gasteiger charge is -2.14. The minimum absolute atomic E-state index is 0.146. The molecule has 0 aliphatic rings. The Morgan fingerprint density at radius 2 is 2.03 bits per heavy atom. The zero-order valence-electron chi connectivity index (χ0n) is 15.0. The number of methoxy groups -OCH3 is 1. The Hall–Kier alpha value is -3.12. The molecule has 0 aromatic carbocycles. The van der Waals surface area contributed by atoms with Gasteiger partial charge in [0.25, 0.3) is 5.88 Å². The number of amides is 1. The SMILES string of the molecule is COC(=O)c1ncc(NC(=O)O[C@H](C)COc2nc3sc(Cl)nc3cc2F)cn1. The topological polar surface area (TPSA) is 125 Å². The molecule has 0 saturated carbocycles. The number of esters is 1. The fourth-order valence-electron chi connectivity index (χ4n) is 2.05. The molecule has 0 radical (unpaired) electrons. The predicted octanol–water partition coefficient (Wildman–Crippen LogP) is 3.08. The summed E-state index contributed by atoms with van der Waals surface area (Å²) in [6.45, 7) is 1.41. The fourth-order valence-corrected chi connectivity index (χ4v) is 3.00. The number of halogens is 2. The highest BCUT2D eigenvalue weighted by Gasteiger charge is 2.16. The van der Waals surface area contributed by atoms with E-state index in [-0.39, 0.29) is 28.5 Å². The van der Waals surface area contributed by atoms with E-state index in [4.69, 9.17) is 21.1 Å². The summed E-state index contributed by atoms with van der Waals surface area (Å²) >= 11 is 6.86. The van der Waals surface area contributed by atoms with Crippen molar-refractivity contribution in [2.45, 2.75) is 13.0 Å². The fraction of sp³-hybridized carbons (Fsp3) is 0.250. The molecule has 10 nitrogen and oxygen atoms in total. The Bertz CT molecular complexity index is 1050. The van der Waals surface area contributed by atoms with Gasteiger partial charge in [0.15, 0.2) is 10.3 Å². The highest BCUT2D eigenvalue weighted by molar-refractivity contribution is 7.21. The summed E-state index contributed by atoms with van der Waals surface area (Å²) in [5.41, 5.74) is 0.532. The molecule has 1 atom stereocenters. The van der Waals surface area contributed by atoms with E-state index in [2.05, 4.69) is 30.0 Å². The van der Waals surface area contributed by atoms with Crippen LogP contribution in [0.2, 0.25) is 4.47 Å². The van der Waals surface area contributed by atoms with E-state index in [1.807, 2.05) is 0 Å². The van der Waals surface area contributed by atoms with Crippen LogP contribution in [0, 0.1) is 5.82 Å². The van der Waals surface area contributed by atoms with E-state index in [1.54, 1.807) is 6.92 Å². The zero-order valence-corrected chi connectivity index (χ0v) is 16.6. The molecule has 3 heterocycles. The summed E-state index contributed by atoms with van der Waals surface area (Å²) in [7, 11) is 1.20. The average molecular weight is 442 g/mol. The summed E-state index contributed by atoms with van der Waals surface area (Å²) in [5, 5.41) is 2.39. The smallest absolute Gasteiger partial charge is 0.412 e. The maximum atomic E-state index is 14.0. The number of hydrogen-bond donors (Lipinski definition) is 1. The molecule has 3 rings (SSSR count). The molecular formula is C16H13ClFN5O5S. The number of anilines is 1. The van der Waals surface area contributed by atoms with Gasteiger partial charge < -0.3 is 14.2 Å². The second-order valence-corrected chi connectivity index (χ2v) is 7.06. The lowest BCUT2D eigenvalue weighted by molar-refractivity contribution is 0.0586. The molecule has 0 fully saturated rings. The molecule has 1 amide bonds. The first kappa shape index (κ1) is 20.6. The molecule has 152 valence electrons. The van der Waals surface area contributed by atoms with Crippen LogP contribution in [0.3, 0.4) is 0 Å². The van der Waals surface area contributed by atoms with E-state index in [1.165, 1.54) is 19.5 Å². The molecule has 0 spiro atoms. The second-order valence-electron chi connectivity index (χ2n) is 5.51. The Balaban J connectivity index is 1.52. The van der Waals surface area contributed by atoms with E-state index in [0.29, 0.717) is 10.3 Å². The second kappa shape index (κ2) is 8.92. The third-order valence-electron chi connectivity index (χ3n) is 3.31. The number of nitrogens with one attached hydrogen (secondary N) is 1. The molecule has 3 aromatic rings. The number of pyridine rings is 1. The Morgan fingerprint density at radius 1 is 1.31 bits per heavy atom.